The number of nitrogens with zero attached hydrogens (tertiary/aromatic N) is 2. The Morgan fingerprint density at radius 3 is 2.89 bits per heavy atom. The lowest BCUT2D eigenvalue weighted by atomic mass is 10.3. The van der Waals surface area contributed by atoms with Crippen molar-refractivity contribution in [1.82, 2.24) is 15.1 Å². The zero-order valence-electron chi connectivity index (χ0n) is 10.5. The Balaban J connectivity index is 1.82. The van der Waals surface area contributed by atoms with Crippen LogP contribution >= 0.6 is 22.9 Å². The number of hydrogen-bond acceptors (Lipinski definition) is 4. The zero-order valence-corrected chi connectivity index (χ0v) is 12.1. The minimum absolute atomic E-state index is 0.0186. The van der Waals surface area contributed by atoms with Crippen LogP contribution in [0.4, 0.5) is 0 Å². The molecule has 0 spiro atoms. The first kappa shape index (κ1) is 13.8. The van der Waals surface area contributed by atoms with Gasteiger partial charge in [0.25, 0.3) is 5.91 Å². The second-order valence-electron chi connectivity index (χ2n) is 4.42. The summed E-state index contributed by atoms with van der Waals surface area (Å²) in [7, 11) is 1.83. The minimum atomic E-state index is 0.0186. The third-order valence-electron chi connectivity index (χ3n) is 3.12. The quantitative estimate of drug-likeness (QED) is 0.909. The second kappa shape index (κ2) is 6.52. The number of hydrogen-bond donors (Lipinski definition) is 1. The number of rotatable bonds is 4. The molecule has 1 aliphatic heterocycles. The van der Waals surface area contributed by atoms with Crippen molar-refractivity contribution < 1.29 is 4.79 Å². The summed E-state index contributed by atoms with van der Waals surface area (Å²) in [4.78, 5) is 16.9. The summed E-state index contributed by atoms with van der Waals surface area (Å²) in [6.45, 7) is 5.85. The average molecular weight is 288 g/mol. The highest BCUT2D eigenvalue weighted by Gasteiger charge is 2.17. The molecule has 4 nitrogen and oxygen atoms in total. The van der Waals surface area contributed by atoms with E-state index in [1.54, 1.807) is 11.0 Å². The highest BCUT2D eigenvalue weighted by molar-refractivity contribution is 7.12. The Morgan fingerprint density at radius 1 is 1.56 bits per heavy atom. The molecule has 0 bridgehead atoms. The van der Waals surface area contributed by atoms with Gasteiger partial charge in [-0.05, 0) is 11.4 Å². The van der Waals surface area contributed by atoms with E-state index in [-0.39, 0.29) is 5.91 Å². The number of nitrogens with one attached hydrogen (secondary N) is 1. The van der Waals surface area contributed by atoms with Crippen LogP contribution in [0.5, 0.6) is 0 Å². The topological polar surface area (TPSA) is 35.6 Å². The molecule has 6 heteroatoms. The summed E-state index contributed by atoms with van der Waals surface area (Å²) >= 11 is 7.37. The number of halogens is 1. The van der Waals surface area contributed by atoms with Crippen molar-refractivity contribution in [1.29, 1.82) is 0 Å². The third-order valence-corrected chi connectivity index (χ3v) is 4.45. The van der Waals surface area contributed by atoms with E-state index in [1.807, 2.05) is 12.4 Å². The summed E-state index contributed by atoms with van der Waals surface area (Å²) in [5.74, 6) is 0.0186. The molecule has 2 rings (SSSR count). The highest BCUT2D eigenvalue weighted by atomic mass is 35.5. The van der Waals surface area contributed by atoms with E-state index in [9.17, 15) is 4.79 Å². The van der Waals surface area contributed by atoms with E-state index in [0.29, 0.717) is 9.90 Å². The van der Waals surface area contributed by atoms with Gasteiger partial charge in [-0.2, -0.15) is 0 Å². The van der Waals surface area contributed by atoms with Crippen molar-refractivity contribution in [2.24, 2.45) is 0 Å². The molecule has 1 aromatic heterocycles. The lowest BCUT2D eigenvalue weighted by Gasteiger charge is -2.29. The van der Waals surface area contributed by atoms with Crippen molar-refractivity contribution in [2.75, 3.05) is 46.3 Å². The fraction of sp³-hybridized carbons (Fsp3) is 0.583. The number of carbonyl (C=O) groups excluding carboxylic acids is 1. The van der Waals surface area contributed by atoms with E-state index >= 15 is 0 Å². The molecule has 0 atom stereocenters. The average Bonchev–Trinajstić information content (AvgIpc) is 2.82. The van der Waals surface area contributed by atoms with Crippen LogP contribution in [0.2, 0.25) is 5.02 Å². The summed E-state index contributed by atoms with van der Waals surface area (Å²) in [6, 6.07) is 1.77. The summed E-state index contributed by atoms with van der Waals surface area (Å²) in [5, 5.41) is 5.72. The van der Waals surface area contributed by atoms with Crippen LogP contribution in [0.25, 0.3) is 0 Å². The number of amides is 1. The van der Waals surface area contributed by atoms with Crippen LogP contribution < -0.4 is 5.32 Å². The summed E-state index contributed by atoms with van der Waals surface area (Å²) in [6.07, 6.45) is 0. The number of thiophene rings is 1. The summed E-state index contributed by atoms with van der Waals surface area (Å²) in [5.41, 5.74) is 0. The van der Waals surface area contributed by atoms with Crippen LogP contribution in [0.15, 0.2) is 11.4 Å². The molecular formula is C12H18ClN3OS. The molecule has 0 saturated carbocycles. The number of piperazine rings is 1. The van der Waals surface area contributed by atoms with Gasteiger partial charge in [-0.15, -0.1) is 11.3 Å². The molecule has 0 unspecified atom stereocenters. The molecule has 1 saturated heterocycles. The van der Waals surface area contributed by atoms with Crippen LogP contribution in [0, 0.1) is 0 Å². The van der Waals surface area contributed by atoms with Crippen molar-refractivity contribution in [3.8, 4) is 0 Å². The maximum atomic E-state index is 12.1. The monoisotopic (exact) mass is 287 g/mol. The predicted octanol–water partition coefficient (Wildman–Crippen LogP) is 1.38. The summed E-state index contributed by atoms with van der Waals surface area (Å²) < 4.78 is 0. The lowest BCUT2D eigenvalue weighted by molar-refractivity contribution is 0.0779. The fourth-order valence-corrected chi connectivity index (χ4v) is 3.08. The van der Waals surface area contributed by atoms with Crippen LogP contribution in [-0.4, -0.2) is 62.0 Å². The van der Waals surface area contributed by atoms with Gasteiger partial charge in [-0.3, -0.25) is 9.69 Å². The Labute approximate surface area is 117 Å². The molecule has 1 fully saturated rings. The molecule has 2 heterocycles. The maximum Gasteiger partial charge on any atom is 0.265 e. The molecule has 1 N–H and O–H groups in total. The van der Waals surface area contributed by atoms with Gasteiger partial charge < -0.3 is 10.2 Å². The highest BCUT2D eigenvalue weighted by Crippen LogP contribution is 2.23. The Hall–Kier alpha value is -0.620. The van der Waals surface area contributed by atoms with E-state index in [2.05, 4.69) is 10.2 Å². The Morgan fingerprint density at radius 2 is 2.28 bits per heavy atom. The van der Waals surface area contributed by atoms with Crippen molar-refractivity contribution in [3.63, 3.8) is 0 Å². The number of likely N-dealkylation sites (N-methyl/N-ethyl adjacent to an activating group) is 1. The smallest absolute Gasteiger partial charge is 0.265 e. The van der Waals surface area contributed by atoms with E-state index in [4.69, 9.17) is 11.6 Å². The lowest BCUT2D eigenvalue weighted by Crippen LogP contribution is -2.46. The van der Waals surface area contributed by atoms with Gasteiger partial charge in [0.05, 0.1) is 5.02 Å². The van der Waals surface area contributed by atoms with Gasteiger partial charge in [-0.1, -0.05) is 11.6 Å². The largest absolute Gasteiger partial charge is 0.340 e. The number of carbonyl (C=O) groups is 1. The Bertz CT molecular complexity index is 404. The fourth-order valence-electron chi connectivity index (χ4n) is 1.95. The standard InChI is InChI=1S/C12H18ClN3OS/c1-15(7-8-16-5-3-14-4-6-16)12(17)11-10(13)2-9-18-11/h2,9,14H,3-8H2,1H3. The van der Waals surface area contributed by atoms with Gasteiger partial charge in [0.15, 0.2) is 0 Å². The van der Waals surface area contributed by atoms with Crippen LogP contribution in [-0.2, 0) is 0 Å². The molecule has 1 aromatic rings. The maximum absolute atomic E-state index is 12.1. The first-order chi connectivity index (χ1) is 8.68. The third kappa shape index (κ3) is 3.45. The molecular weight excluding hydrogens is 270 g/mol. The zero-order chi connectivity index (χ0) is 13.0. The van der Waals surface area contributed by atoms with Gasteiger partial charge in [0.1, 0.15) is 4.88 Å². The molecule has 0 aliphatic carbocycles. The van der Waals surface area contributed by atoms with Crippen LogP contribution in [0.1, 0.15) is 9.67 Å². The van der Waals surface area contributed by atoms with Gasteiger partial charge in [-0.25, -0.2) is 0 Å². The van der Waals surface area contributed by atoms with Gasteiger partial charge >= 0.3 is 0 Å². The molecule has 1 amide bonds. The molecule has 1 aliphatic rings. The first-order valence-electron chi connectivity index (χ1n) is 6.10. The molecule has 100 valence electrons. The van der Waals surface area contributed by atoms with Gasteiger partial charge in [0, 0.05) is 46.3 Å². The first-order valence-corrected chi connectivity index (χ1v) is 7.36. The minimum Gasteiger partial charge on any atom is -0.340 e. The van der Waals surface area contributed by atoms with E-state index < -0.39 is 0 Å². The SMILES string of the molecule is CN(CCN1CCNCC1)C(=O)c1sccc1Cl. The molecule has 0 aromatic carbocycles. The second-order valence-corrected chi connectivity index (χ2v) is 5.74. The van der Waals surface area contributed by atoms with Crippen molar-refractivity contribution in [3.05, 3.63) is 21.3 Å². The Kier molecular flexibility index (Phi) is 5.00. The predicted molar refractivity (Wildman–Crippen MR) is 75.6 cm³/mol. The normalized spacial score (nSPS) is 16.8. The van der Waals surface area contributed by atoms with Gasteiger partial charge in [0.2, 0.25) is 0 Å². The van der Waals surface area contributed by atoms with Crippen molar-refractivity contribution in [2.45, 2.75) is 0 Å². The van der Waals surface area contributed by atoms with Crippen LogP contribution in [0.3, 0.4) is 0 Å². The van der Waals surface area contributed by atoms with E-state index in [1.165, 1.54) is 11.3 Å². The molecule has 0 radical (unpaired) electrons. The molecule has 18 heavy (non-hydrogen) atoms. The van der Waals surface area contributed by atoms with E-state index in [0.717, 1.165) is 39.3 Å². The van der Waals surface area contributed by atoms with Crippen molar-refractivity contribution >= 4 is 28.8 Å².